The van der Waals surface area contributed by atoms with Crippen LogP contribution in [0.3, 0.4) is 0 Å². The van der Waals surface area contributed by atoms with E-state index in [1.165, 1.54) is 50.5 Å². The largest absolute Gasteiger partial charge is 0.299 e. The lowest BCUT2D eigenvalue weighted by Crippen LogP contribution is -2.45. The van der Waals surface area contributed by atoms with Crippen LogP contribution in [0, 0.1) is 40.9 Å². The van der Waals surface area contributed by atoms with Crippen LogP contribution in [-0.2, 0) is 4.79 Å². The van der Waals surface area contributed by atoms with Gasteiger partial charge in [0.2, 0.25) is 0 Å². The first-order chi connectivity index (χ1) is 10.5. The van der Waals surface area contributed by atoms with Gasteiger partial charge in [-0.3, -0.25) is 4.79 Å². The fourth-order valence-electron chi connectivity index (χ4n) is 6.64. The highest BCUT2D eigenvalue weighted by Crippen LogP contribution is 2.64. The summed E-state index contributed by atoms with van der Waals surface area (Å²) in [7, 11) is 0. The van der Waals surface area contributed by atoms with Crippen molar-refractivity contribution in [3.05, 3.63) is 11.6 Å². The van der Waals surface area contributed by atoms with Gasteiger partial charge in [-0.1, -0.05) is 39.7 Å². The average Bonchev–Trinajstić information content (AvgIpc) is 2.73. The first-order valence-corrected chi connectivity index (χ1v) is 9.67. The summed E-state index contributed by atoms with van der Waals surface area (Å²) in [5.74, 6) is 5.19. The summed E-state index contributed by atoms with van der Waals surface area (Å²) in [6.07, 6.45) is 12.3. The van der Waals surface area contributed by atoms with Crippen LogP contribution >= 0.6 is 0 Å². The summed E-state index contributed by atoms with van der Waals surface area (Å²) in [6, 6.07) is 0. The summed E-state index contributed by atoms with van der Waals surface area (Å²) >= 11 is 0. The minimum Gasteiger partial charge on any atom is -0.299 e. The molecule has 0 bridgehead atoms. The van der Waals surface area contributed by atoms with Gasteiger partial charge in [-0.25, -0.2) is 0 Å². The van der Waals surface area contributed by atoms with Crippen molar-refractivity contribution in [3.63, 3.8) is 0 Å². The van der Waals surface area contributed by atoms with Crippen molar-refractivity contribution in [3.8, 4) is 0 Å². The molecule has 3 saturated carbocycles. The first-order valence-electron chi connectivity index (χ1n) is 9.67. The van der Waals surface area contributed by atoms with E-state index < -0.39 is 0 Å². The molecule has 22 heavy (non-hydrogen) atoms. The second-order valence-electron chi connectivity index (χ2n) is 8.79. The second kappa shape index (κ2) is 6.13. The molecule has 0 heterocycles. The molecule has 0 N–H and O–H groups in total. The Hall–Kier alpha value is -0.590. The molecule has 0 aliphatic heterocycles. The molecular formula is C21H34O. The third-order valence-electron chi connectivity index (χ3n) is 8.09. The minimum absolute atomic E-state index is 0.587. The van der Waals surface area contributed by atoms with Crippen molar-refractivity contribution < 1.29 is 4.79 Å². The number of carbonyl (C=O) groups excluding carboxylic acids is 1. The lowest BCUT2D eigenvalue weighted by atomic mass is 9.52. The maximum atomic E-state index is 11.0. The molecular weight excluding hydrogens is 268 g/mol. The lowest BCUT2D eigenvalue weighted by Gasteiger charge is -2.53. The van der Waals surface area contributed by atoms with E-state index in [9.17, 15) is 4.79 Å². The molecule has 0 aromatic carbocycles. The van der Waals surface area contributed by atoms with Crippen LogP contribution in [0.1, 0.15) is 72.6 Å². The number of fused-ring (bicyclic) bond motifs is 3. The normalized spacial score (nSPS) is 49.7. The van der Waals surface area contributed by atoms with Crippen LogP contribution in [0.4, 0.5) is 0 Å². The Morgan fingerprint density at radius 1 is 1.23 bits per heavy atom. The average molecular weight is 303 g/mol. The molecule has 1 heteroatoms. The van der Waals surface area contributed by atoms with Crippen molar-refractivity contribution in [1.82, 2.24) is 0 Å². The van der Waals surface area contributed by atoms with Crippen LogP contribution in [0.25, 0.3) is 0 Å². The molecule has 0 radical (unpaired) electrons. The molecule has 3 rings (SSSR count). The molecule has 124 valence electrons. The highest BCUT2D eigenvalue weighted by molar-refractivity contribution is 5.66. The van der Waals surface area contributed by atoms with E-state index in [1.54, 1.807) is 0 Å². The molecule has 0 spiro atoms. The number of allylic oxidation sites excluding steroid dienone is 2. The third-order valence-corrected chi connectivity index (χ3v) is 8.09. The lowest BCUT2D eigenvalue weighted by molar-refractivity contribution is -0.104. The fraction of sp³-hybridized carbons (Fsp3) is 0.857. The van der Waals surface area contributed by atoms with Gasteiger partial charge in [0.1, 0.15) is 6.29 Å². The number of carbonyl (C=O) groups is 1. The van der Waals surface area contributed by atoms with Gasteiger partial charge in [0, 0.05) is 0 Å². The highest BCUT2D eigenvalue weighted by atomic mass is 16.1. The molecule has 3 aliphatic rings. The fourth-order valence-corrected chi connectivity index (χ4v) is 6.64. The quantitative estimate of drug-likeness (QED) is 0.486. The summed E-state index contributed by atoms with van der Waals surface area (Å²) in [5, 5.41) is 0. The standard InChI is InChI=1S/C21H34O/c1-5-6-17-16(10-12-22)7-8-19-18(17)9-11-21(4)15(3)14(2)13-20(19)21/h10,12,14-15,17-20H,5-9,11,13H2,1-4H3/b16-10-. The van der Waals surface area contributed by atoms with Crippen molar-refractivity contribution >= 4 is 6.29 Å². The van der Waals surface area contributed by atoms with E-state index in [-0.39, 0.29) is 0 Å². The topological polar surface area (TPSA) is 17.1 Å². The molecule has 7 unspecified atom stereocenters. The van der Waals surface area contributed by atoms with E-state index in [2.05, 4.69) is 27.7 Å². The maximum Gasteiger partial charge on any atom is 0.142 e. The highest BCUT2D eigenvalue weighted by Gasteiger charge is 2.56. The molecule has 3 fully saturated rings. The van der Waals surface area contributed by atoms with Crippen LogP contribution < -0.4 is 0 Å². The predicted octanol–water partition coefficient (Wildman–Crippen LogP) is 5.65. The summed E-state index contributed by atoms with van der Waals surface area (Å²) in [5.41, 5.74) is 2.06. The molecule has 0 amide bonds. The van der Waals surface area contributed by atoms with Crippen molar-refractivity contribution in [2.75, 3.05) is 0 Å². The SMILES string of the molecule is CCCC1/C(=C\C=O)CCC2C1CCC1(C)C(C)C(C)CC21. The third kappa shape index (κ3) is 2.39. The van der Waals surface area contributed by atoms with E-state index in [0.717, 1.165) is 35.9 Å². The smallest absolute Gasteiger partial charge is 0.142 e. The van der Waals surface area contributed by atoms with Crippen LogP contribution in [0.15, 0.2) is 11.6 Å². The van der Waals surface area contributed by atoms with Gasteiger partial charge in [0.05, 0.1) is 0 Å². The van der Waals surface area contributed by atoms with Gasteiger partial charge in [-0.15, -0.1) is 0 Å². The zero-order valence-electron chi connectivity index (χ0n) is 15.0. The summed E-state index contributed by atoms with van der Waals surface area (Å²) < 4.78 is 0. The molecule has 3 aliphatic carbocycles. The zero-order chi connectivity index (χ0) is 15.9. The van der Waals surface area contributed by atoms with Crippen LogP contribution in [0.2, 0.25) is 0 Å². The Bertz CT molecular complexity index is 451. The number of aldehydes is 1. The molecule has 0 aromatic heterocycles. The number of hydrogen-bond donors (Lipinski definition) is 0. The Morgan fingerprint density at radius 2 is 2.00 bits per heavy atom. The summed E-state index contributed by atoms with van der Waals surface area (Å²) in [4.78, 5) is 11.0. The maximum absolute atomic E-state index is 11.0. The van der Waals surface area contributed by atoms with Crippen LogP contribution in [-0.4, -0.2) is 6.29 Å². The van der Waals surface area contributed by atoms with Gasteiger partial charge in [0.15, 0.2) is 0 Å². The Labute approximate surface area is 136 Å². The van der Waals surface area contributed by atoms with Crippen molar-refractivity contribution in [1.29, 1.82) is 0 Å². The van der Waals surface area contributed by atoms with Gasteiger partial charge in [-0.2, -0.15) is 0 Å². The Morgan fingerprint density at radius 3 is 2.68 bits per heavy atom. The molecule has 0 saturated heterocycles. The predicted molar refractivity (Wildman–Crippen MR) is 92.5 cm³/mol. The van der Waals surface area contributed by atoms with E-state index in [1.807, 2.05) is 6.08 Å². The van der Waals surface area contributed by atoms with Gasteiger partial charge < -0.3 is 0 Å². The second-order valence-corrected chi connectivity index (χ2v) is 8.79. The van der Waals surface area contributed by atoms with E-state index in [0.29, 0.717) is 11.3 Å². The minimum atomic E-state index is 0.587. The van der Waals surface area contributed by atoms with Crippen molar-refractivity contribution in [2.45, 2.75) is 72.6 Å². The molecule has 0 aromatic rings. The van der Waals surface area contributed by atoms with E-state index in [4.69, 9.17) is 0 Å². The molecule has 7 atom stereocenters. The van der Waals surface area contributed by atoms with E-state index >= 15 is 0 Å². The van der Waals surface area contributed by atoms with Crippen LogP contribution in [0.5, 0.6) is 0 Å². The number of rotatable bonds is 3. The van der Waals surface area contributed by atoms with Gasteiger partial charge in [0.25, 0.3) is 0 Å². The first kappa shape index (κ1) is 16.3. The monoisotopic (exact) mass is 302 g/mol. The number of hydrogen-bond acceptors (Lipinski definition) is 1. The summed E-state index contributed by atoms with van der Waals surface area (Å²) in [6.45, 7) is 9.88. The van der Waals surface area contributed by atoms with Crippen molar-refractivity contribution in [2.24, 2.45) is 40.9 Å². The van der Waals surface area contributed by atoms with Gasteiger partial charge in [-0.05, 0) is 85.5 Å². The Balaban J connectivity index is 1.87. The Kier molecular flexibility index (Phi) is 4.54. The zero-order valence-corrected chi connectivity index (χ0v) is 15.0. The molecule has 1 nitrogen and oxygen atoms in total. The van der Waals surface area contributed by atoms with Gasteiger partial charge >= 0.3 is 0 Å².